The molecule has 0 atom stereocenters. The van der Waals surface area contributed by atoms with Gasteiger partial charge in [0.2, 0.25) is 0 Å². The van der Waals surface area contributed by atoms with Gasteiger partial charge in [0.15, 0.2) is 0 Å². The van der Waals surface area contributed by atoms with Gasteiger partial charge in [-0.1, -0.05) is 48.5 Å². The maximum atomic E-state index is 11.8. The first kappa shape index (κ1) is 16.1. The highest BCUT2D eigenvalue weighted by atomic mass is 16.5. The fraction of sp³-hybridized carbons (Fsp3) is 0.200. The second-order valence-electron chi connectivity index (χ2n) is 5.56. The van der Waals surface area contributed by atoms with E-state index < -0.39 is 0 Å². The Labute approximate surface area is 140 Å². The maximum absolute atomic E-state index is 11.8. The van der Waals surface area contributed by atoms with Crippen molar-refractivity contribution in [1.29, 1.82) is 0 Å². The van der Waals surface area contributed by atoms with Crippen LogP contribution in [0.3, 0.4) is 0 Å². The third-order valence-electron chi connectivity index (χ3n) is 4.07. The lowest BCUT2D eigenvalue weighted by atomic mass is 9.93. The highest BCUT2D eigenvalue weighted by molar-refractivity contribution is 5.98. The van der Waals surface area contributed by atoms with Gasteiger partial charge in [0.25, 0.3) is 0 Å². The predicted molar refractivity (Wildman–Crippen MR) is 93.7 cm³/mol. The lowest BCUT2D eigenvalue weighted by Crippen LogP contribution is -2.07. The summed E-state index contributed by atoms with van der Waals surface area (Å²) in [5.41, 5.74) is 4.72. The Morgan fingerprint density at radius 2 is 1.88 bits per heavy atom. The molecule has 0 aliphatic rings. The molecule has 1 N–H and O–H groups in total. The van der Waals surface area contributed by atoms with E-state index in [4.69, 9.17) is 4.74 Å². The number of hydrogen-bond donors (Lipinski definition) is 1. The number of benzene rings is 2. The molecule has 122 valence electrons. The van der Waals surface area contributed by atoms with Crippen LogP contribution in [0.2, 0.25) is 0 Å². The minimum absolute atomic E-state index is 0.0748. The minimum atomic E-state index is -0.292. The highest BCUT2D eigenvalue weighted by Crippen LogP contribution is 2.33. The molecule has 0 amide bonds. The molecule has 0 spiro atoms. The summed E-state index contributed by atoms with van der Waals surface area (Å²) in [6.45, 7) is 0.0748. The summed E-state index contributed by atoms with van der Waals surface area (Å²) in [6, 6.07) is 15.9. The molecule has 4 heteroatoms. The molecule has 3 aromatic rings. The fourth-order valence-electron chi connectivity index (χ4n) is 2.96. The summed E-state index contributed by atoms with van der Waals surface area (Å²) in [7, 11) is 1.39. The van der Waals surface area contributed by atoms with Crippen LogP contribution in [0.25, 0.3) is 22.0 Å². The number of aliphatic hydroxyl groups excluding tert-OH is 1. The predicted octanol–water partition coefficient (Wildman–Crippen LogP) is 3.15. The van der Waals surface area contributed by atoms with Crippen LogP contribution < -0.4 is 0 Å². The Bertz CT molecular complexity index is 859. The van der Waals surface area contributed by atoms with Crippen LogP contribution in [0.5, 0.6) is 0 Å². The van der Waals surface area contributed by atoms with Gasteiger partial charge in [0, 0.05) is 18.2 Å². The van der Waals surface area contributed by atoms with E-state index in [-0.39, 0.29) is 19.0 Å². The molecule has 0 radical (unpaired) electrons. The fourth-order valence-corrected chi connectivity index (χ4v) is 2.96. The van der Waals surface area contributed by atoms with E-state index in [1.807, 2.05) is 48.5 Å². The number of methoxy groups -OCH3 is 1. The van der Waals surface area contributed by atoms with E-state index in [0.717, 1.165) is 33.2 Å². The summed E-state index contributed by atoms with van der Waals surface area (Å²) in [4.78, 5) is 16.3. The van der Waals surface area contributed by atoms with Gasteiger partial charge in [-0.2, -0.15) is 0 Å². The van der Waals surface area contributed by atoms with Crippen molar-refractivity contribution < 1.29 is 14.6 Å². The number of pyridine rings is 1. The Balaban J connectivity index is 2.26. The number of para-hydroxylation sites is 1. The number of aliphatic hydroxyl groups is 1. The number of rotatable bonds is 5. The summed E-state index contributed by atoms with van der Waals surface area (Å²) in [5.74, 6) is -0.292. The number of fused-ring (bicyclic) bond motifs is 1. The van der Waals surface area contributed by atoms with Crippen molar-refractivity contribution in [3.63, 3.8) is 0 Å². The molecule has 4 nitrogen and oxygen atoms in total. The average molecular weight is 321 g/mol. The third-order valence-corrected chi connectivity index (χ3v) is 4.07. The molecule has 0 fully saturated rings. The van der Waals surface area contributed by atoms with E-state index in [0.29, 0.717) is 6.42 Å². The van der Waals surface area contributed by atoms with Gasteiger partial charge in [-0.3, -0.25) is 9.78 Å². The SMILES string of the molecule is COC(=O)Cc1cnc2c(CCO)cccc2c1-c1ccccc1. The number of nitrogens with zero attached hydrogens (tertiary/aromatic N) is 1. The highest BCUT2D eigenvalue weighted by Gasteiger charge is 2.15. The topological polar surface area (TPSA) is 59.4 Å². The molecular formula is C20H19NO3. The van der Waals surface area contributed by atoms with Crippen LogP contribution in [0.1, 0.15) is 11.1 Å². The number of aromatic nitrogens is 1. The van der Waals surface area contributed by atoms with E-state index in [9.17, 15) is 9.90 Å². The summed E-state index contributed by atoms with van der Waals surface area (Å²) >= 11 is 0. The number of carbonyl (C=O) groups excluding carboxylic acids is 1. The molecule has 0 bridgehead atoms. The zero-order chi connectivity index (χ0) is 16.9. The molecule has 1 aromatic heterocycles. The molecular weight excluding hydrogens is 302 g/mol. The van der Waals surface area contributed by atoms with Gasteiger partial charge < -0.3 is 9.84 Å². The molecule has 0 saturated carbocycles. The normalized spacial score (nSPS) is 10.8. The zero-order valence-electron chi connectivity index (χ0n) is 13.5. The van der Waals surface area contributed by atoms with Crippen LogP contribution in [0, 0.1) is 0 Å². The molecule has 24 heavy (non-hydrogen) atoms. The molecule has 2 aromatic carbocycles. The van der Waals surface area contributed by atoms with Crippen molar-refractivity contribution in [1.82, 2.24) is 4.98 Å². The summed E-state index contributed by atoms with van der Waals surface area (Å²) < 4.78 is 4.82. The largest absolute Gasteiger partial charge is 0.469 e. The van der Waals surface area contributed by atoms with Crippen molar-refractivity contribution in [2.45, 2.75) is 12.8 Å². The van der Waals surface area contributed by atoms with Crippen molar-refractivity contribution in [3.05, 3.63) is 65.9 Å². The van der Waals surface area contributed by atoms with Gasteiger partial charge in [-0.05, 0) is 28.7 Å². The van der Waals surface area contributed by atoms with Crippen LogP contribution in [0.15, 0.2) is 54.7 Å². The summed E-state index contributed by atoms with van der Waals surface area (Å²) in [5, 5.41) is 10.3. The van der Waals surface area contributed by atoms with Gasteiger partial charge in [-0.25, -0.2) is 0 Å². The molecule has 1 heterocycles. The van der Waals surface area contributed by atoms with E-state index in [1.54, 1.807) is 6.20 Å². The monoisotopic (exact) mass is 321 g/mol. The first-order valence-electron chi connectivity index (χ1n) is 7.87. The lowest BCUT2D eigenvalue weighted by molar-refractivity contribution is -0.139. The van der Waals surface area contributed by atoms with Gasteiger partial charge >= 0.3 is 5.97 Å². The average Bonchev–Trinajstić information content (AvgIpc) is 2.62. The first-order chi connectivity index (χ1) is 11.7. The van der Waals surface area contributed by atoms with E-state index >= 15 is 0 Å². The Kier molecular flexibility index (Phi) is 4.87. The Hall–Kier alpha value is -2.72. The maximum Gasteiger partial charge on any atom is 0.310 e. The summed E-state index contributed by atoms with van der Waals surface area (Å²) in [6.07, 6.45) is 2.46. The lowest BCUT2D eigenvalue weighted by Gasteiger charge is -2.14. The van der Waals surface area contributed by atoms with Gasteiger partial charge in [-0.15, -0.1) is 0 Å². The van der Waals surface area contributed by atoms with Crippen LogP contribution in [0.4, 0.5) is 0 Å². The third kappa shape index (κ3) is 3.14. The first-order valence-corrected chi connectivity index (χ1v) is 7.87. The van der Waals surface area contributed by atoms with Crippen LogP contribution >= 0.6 is 0 Å². The van der Waals surface area contributed by atoms with Crippen LogP contribution in [-0.2, 0) is 22.4 Å². The second kappa shape index (κ2) is 7.23. The van der Waals surface area contributed by atoms with E-state index in [2.05, 4.69) is 4.98 Å². The number of ether oxygens (including phenoxy) is 1. The number of carbonyl (C=O) groups is 1. The quantitative estimate of drug-likeness (QED) is 0.733. The van der Waals surface area contributed by atoms with Crippen molar-refractivity contribution in [2.24, 2.45) is 0 Å². The number of hydrogen-bond acceptors (Lipinski definition) is 4. The smallest absolute Gasteiger partial charge is 0.310 e. The van der Waals surface area contributed by atoms with Gasteiger partial charge in [0.1, 0.15) is 0 Å². The number of esters is 1. The standard InChI is InChI=1S/C20H19NO3/c1-24-18(23)12-16-13-21-20-15(10-11-22)8-5-9-17(20)19(16)14-6-3-2-4-7-14/h2-9,13,22H,10-12H2,1H3. The Morgan fingerprint density at radius 3 is 2.58 bits per heavy atom. The molecule has 3 rings (SSSR count). The van der Waals surface area contributed by atoms with Crippen LogP contribution in [-0.4, -0.2) is 29.8 Å². The van der Waals surface area contributed by atoms with Gasteiger partial charge in [0.05, 0.1) is 19.0 Å². The molecule has 0 aliphatic heterocycles. The zero-order valence-corrected chi connectivity index (χ0v) is 13.5. The van der Waals surface area contributed by atoms with Crippen molar-refractivity contribution >= 4 is 16.9 Å². The van der Waals surface area contributed by atoms with E-state index in [1.165, 1.54) is 7.11 Å². The molecule has 0 unspecified atom stereocenters. The second-order valence-corrected chi connectivity index (χ2v) is 5.56. The minimum Gasteiger partial charge on any atom is -0.469 e. The Morgan fingerprint density at radius 1 is 1.08 bits per heavy atom. The van der Waals surface area contributed by atoms with Crippen molar-refractivity contribution in [3.8, 4) is 11.1 Å². The molecule has 0 saturated heterocycles. The molecule has 0 aliphatic carbocycles. The van der Waals surface area contributed by atoms with Crippen molar-refractivity contribution in [2.75, 3.05) is 13.7 Å².